The van der Waals surface area contributed by atoms with Gasteiger partial charge >= 0.3 is 0 Å². The largest absolute Gasteiger partial charge is 0.351 e. The number of carbonyl (C=O) groups excluding carboxylic acids is 1. The van der Waals surface area contributed by atoms with Gasteiger partial charge in [0.25, 0.3) is 0 Å². The first-order valence-corrected chi connectivity index (χ1v) is 9.49. The molecule has 0 unspecified atom stereocenters. The number of thioether (sulfide) groups is 1. The molecule has 3 heterocycles. The van der Waals surface area contributed by atoms with Crippen LogP contribution < -0.4 is 5.32 Å². The molecular formula is C18H22N4OS. The molecule has 0 saturated heterocycles. The molecule has 24 heavy (non-hydrogen) atoms. The SMILES string of the molecule is CCc1nnc2n1C[C@@H](NC(=O)[C@H]1Cc3ccc(C)cc3S1)CC2. The van der Waals surface area contributed by atoms with Crippen LogP contribution in [0, 0.1) is 6.92 Å². The molecule has 0 radical (unpaired) electrons. The standard InChI is InChI=1S/C18H22N4OS/c1-3-16-20-21-17-7-6-13(10-22(16)17)19-18(23)15-9-12-5-4-11(2)8-14(12)24-15/h4-5,8,13,15H,3,6-7,9-10H2,1-2H3,(H,19,23)/t13-,15+/m0/s1. The molecule has 2 aromatic rings. The van der Waals surface area contributed by atoms with Crippen LogP contribution in [0.5, 0.6) is 0 Å². The van der Waals surface area contributed by atoms with Crippen LogP contribution in [0.1, 0.15) is 36.1 Å². The zero-order valence-corrected chi connectivity index (χ0v) is 14.9. The van der Waals surface area contributed by atoms with E-state index in [9.17, 15) is 4.79 Å². The first kappa shape index (κ1) is 15.7. The van der Waals surface area contributed by atoms with E-state index in [4.69, 9.17) is 0 Å². The van der Waals surface area contributed by atoms with Gasteiger partial charge in [-0.3, -0.25) is 4.79 Å². The molecule has 2 atom stereocenters. The highest BCUT2D eigenvalue weighted by molar-refractivity contribution is 8.01. The number of fused-ring (bicyclic) bond motifs is 2. The summed E-state index contributed by atoms with van der Waals surface area (Å²) in [6.07, 6.45) is 3.53. The number of nitrogens with zero attached hydrogens (tertiary/aromatic N) is 3. The van der Waals surface area contributed by atoms with E-state index in [1.807, 2.05) is 0 Å². The van der Waals surface area contributed by atoms with Crippen molar-refractivity contribution >= 4 is 17.7 Å². The average molecular weight is 342 g/mol. The van der Waals surface area contributed by atoms with E-state index in [2.05, 4.69) is 52.1 Å². The molecule has 126 valence electrons. The second-order valence-electron chi connectivity index (χ2n) is 6.66. The Morgan fingerprint density at radius 1 is 1.42 bits per heavy atom. The summed E-state index contributed by atoms with van der Waals surface area (Å²) in [6, 6.07) is 6.64. The Morgan fingerprint density at radius 3 is 3.12 bits per heavy atom. The molecule has 2 aliphatic rings. The first-order valence-electron chi connectivity index (χ1n) is 8.61. The summed E-state index contributed by atoms with van der Waals surface area (Å²) >= 11 is 1.70. The van der Waals surface area contributed by atoms with Crippen LogP contribution in [0.4, 0.5) is 0 Å². The van der Waals surface area contributed by atoms with Crippen molar-refractivity contribution in [3.63, 3.8) is 0 Å². The normalized spacial score (nSPS) is 22.1. The Bertz CT molecular complexity index is 772. The van der Waals surface area contributed by atoms with Gasteiger partial charge in [-0.15, -0.1) is 22.0 Å². The molecule has 5 nitrogen and oxygen atoms in total. The molecule has 1 aromatic heterocycles. The molecule has 2 aliphatic heterocycles. The first-order chi connectivity index (χ1) is 11.6. The van der Waals surface area contributed by atoms with Crippen LogP contribution >= 0.6 is 11.8 Å². The number of aromatic nitrogens is 3. The van der Waals surface area contributed by atoms with Crippen LogP contribution in [0.3, 0.4) is 0 Å². The maximum absolute atomic E-state index is 12.7. The molecule has 1 aromatic carbocycles. The molecule has 4 rings (SSSR count). The quantitative estimate of drug-likeness (QED) is 0.930. The lowest BCUT2D eigenvalue weighted by atomic mass is 10.1. The van der Waals surface area contributed by atoms with E-state index < -0.39 is 0 Å². The number of rotatable bonds is 3. The number of hydrogen-bond donors (Lipinski definition) is 1. The van der Waals surface area contributed by atoms with Crippen molar-refractivity contribution in [2.75, 3.05) is 0 Å². The summed E-state index contributed by atoms with van der Waals surface area (Å²) in [5, 5.41) is 11.7. The maximum atomic E-state index is 12.7. The van der Waals surface area contributed by atoms with Crippen molar-refractivity contribution in [1.82, 2.24) is 20.1 Å². The third-order valence-corrected chi connectivity index (χ3v) is 6.17. The molecule has 0 saturated carbocycles. The van der Waals surface area contributed by atoms with Crippen LogP contribution in [0.2, 0.25) is 0 Å². The minimum Gasteiger partial charge on any atom is -0.351 e. The van der Waals surface area contributed by atoms with Gasteiger partial charge in [-0.2, -0.15) is 0 Å². The van der Waals surface area contributed by atoms with Crippen molar-refractivity contribution in [2.24, 2.45) is 0 Å². The smallest absolute Gasteiger partial charge is 0.234 e. The van der Waals surface area contributed by atoms with Gasteiger partial charge in [0.05, 0.1) is 5.25 Å². The second-order valence-corrected chi connectivity index (χ2v) is 7.91. The lowest BCUT2D eigenvalue weighted by Gasteiger charge is -2.26. The number of benzene rings is 1. The molecule has 0 aliphatic carbocycles. The van der Waals surface area contributed by atoms with Crippen molar-refractivity contribution in [1.29, 1.82) is 0 Å². The van der Waals surface area contributed by atoms with Gasteiger partial charge in [-0.05, 0) is 31.4 Å². The Labute approximate surface area is 146 Å². The summed E-state index contributed by atoms with van der Waals surface area (Å²) in [5.41, 5.74) is 2.55. The fourth-order valence-electron chi connectivity index (χ4n) is 3.54. The molecule has 0 spiro atoms. The predicted octanol–water partition coefficient (Wildman–Crippen LogP) is 2.30. The lowest BCUT2D eigenvalue weighted by Crippen LogP contribution is -2.44. The summed E-state index contributed by atoms with van der Waals surface area (Å²) in [5.74, 6) is 2.23. The number of hydrogen-bond acceptors (Lipinski definition) is 4. The lowest BCUT2D eigenvalue weighted by molar-refractivity contribution is -0.121. The van der Waals surface area contributed by atoms with Gasteiger partial charge < -0.3 is 9.88 Å². The van der Waals surface area contributed by atoms with Gasteiger partial charge in [-0.25, -0.2) is 0 Å². The monoisotopic (exact) mass is 342 g/mol. The van der Waals surface area contributed by atoms with E-state index in [0.717, 1.165) is 43.9 Å². The van der Waals surface area contributed by atoms with Gasteiger partial charge in [0, 0.05) is 30.3 Å². The molecular weight excluding hydrogens is 320 g/mol. The minimum absolute atomic E-state index is 0.00486. The molecule has 0 bridgehead atoms. The Kier molecular flexibility index (Phi) is 4.08. The Balaban J connectivity index is 1.41. The van der Waals surface area contributed by atoms with E-state index in [-0.39, 0.29) is 17.2 Å². The number of nitrogens with one attached hydrogen (secondary N) is 1. The van der Waals surface area contributed by atoms with Crippen LogP contribution in [0.25, 0.3) is 0 Å². The third-order valence-electron chi connectivity index (χ3n) is 4.88. The van der Waals surface area contributed by atoms with Crippen molar-refractivity contribution in [3.05, 3.63) is 41.0 Å². The average Bonchev–Trinajstić information content (AvgIpc) is 3.17. The molecule has 0 fully saturated rings. The van der Waals surface area contributed by atoms with E-state index >= 15 is 0 Å². The highest BCUT2D eigenvalue weighted by Crippen LogP contribution is 2.37. The van der Waals surface area contributed by atoms with E-state index in [1.54, 1.807) is 11.8 Å². The zero-order chi connectivity index (χ0) is 16.7. The van der Waals surface area contributed by atoms with Crippen LogP contribution in [-0.2, 0) is 30.6 Å². The fourth-order valence-corrected chi connectivity index (χ4v) is 4.84. The Morgan fingerprint density at radius 2 is 2.29 bits per heavy atom. The number of carbonyl (C=O) groups is 1. The topological polar surface area (TPSA) is 59.8 Å². The Hall–Kier alpha value is -1.82. The fraction of sp³-hybridized carbons (Fsp3) is 0.500. The minimum atomic E-state index is -0.00486. The van der Waals surface area contributed by atoms with E-state index in [0.29, 0.717) is 0 Å². The second kappa shape index (κ2) is 6.24. The summed E-state index contributed by atoms with van der Waals surface area (Å²) in [7, 11) is 0. The number of amides is 1. The zero-order valence-electron chi connectivity index (χ0n) is 14.1. The van der Waals surface area contributed by atoms with Crippen molar-refractivity contribution < 1.29 is 4.79 Å². The van der Waals surface area contributed by atoms with Gasteiger partial charge in [0.1, 0.15) is 11.6 Å². The summed E-state index contributed by atoms with van der Waals surface area (Å²) < 4.78 is 2.17. The third kappa shape index (κ3) is 2.83. The molecule has 6 heteroatoms. The van der Waals surface area contributed by atoms with Crippen LogP contribution in [0.15, 0.2) is 23.1 Å². The van der Waals surface area contributed by atoms with E-state index in [1.165, 1.54) is 16.0 Å². The number of aryl methyl sites for hydroxylation is 3. The predicted molar refractivity (Wildman–Crippen MR) is 94.2 cm³/mol. The van der Waals surface area contributed by atoms with Gasteiger partial charge in [0.2, 0.25) is 5.91 Å². The summed E-state index contributed by atoms with van der Waals surface area (Å²) in [4.78, 5) is 14.0. The molecule has 1 N–H and O–H groups in total. The van der Waals surface area contributed by atoms with Crippen LogP contribution in [-0.4, -0.2) is 32.0 Å². The van der Waals surface area contributed by atoms with Crippen molar-refractivity contribution in [2.45, 2.75) is 62.3 Å². The highest BCUT2D eigenvalue weighted by Gasteiger charge is 2.31. The molecule has 1 amide bonds. The van der Waals surface area contributed by atoms with Gasteiger partial charge in [-0.1, -0.05) is 24.6 Å². The summed E-state index contributed by atoms with van der Waals surface area (Å²) in [6.45, 7) is 4.98. The maximum Gasteiger partial charge on any atom is 0.234 e. The van der Waals surface area contributed by atoms with Gasteiger partial charge in [0.15, 0.2) is 0 Å². The van der Waals surface area contributed by atoms with Crippen molar-refractivity contribution in [3.8, 4) is 0 Å². The highest BCUT2D eigenvalue weighted by atomic mass is 32.2.